The average molecular weight is 445 g/mol. The van der Waals surface area contributed by atoms with E-state index in [4.69, 9.17) is 27.6 Å². The van der Waals surface area contributed by atoms with Crippen LogP contribution in [0.3, 0.4) is 0 Å². The summed E-state index contributed by atoms with van der Waals surface area (Å²) < 4.78 is 32.9. The van der Waals surface area contributed by atoms with Crippen LogP contribution in [0, 0.1) is 0 Å². The molecular formula is C19H22Cl2N2O4S. The molecule has 0 unspecified atom stereocenters. The van der Waals surface area contributed by atoms with E-state index < -0.39 is 10.0 Å². The van der Waals surface area contributed by atoms with E-state index in [0.29, 0.717) is 12.3 Å². The van der Waals surface area contributed by atoms with Crippen molar-refractivity contribution in [1.82, 2.24) is 9.21 Å². The highest BCUT2D eigenvalue weighted by Gasteiger charge is 2.31. The van der Waals surface area contributed by atoms with Gasteiger partial charge in [0.15, 0.2) is 0 Å². The highest BCUT2D eigenvalue weighted by atomic mass is 35.5. The topological polar surface area (TPSA) is 70.8 Å². The van der Waals surface area contributed by atoms with E-state index in [2.05, 4.69) is 0 Å². The summed E-state index contributed by atoms with van der Waals surface area (Å²) in [5.41, 5.74) is 0. The van der Waals surface area contributed by atoms with Crippen LogP contribution in [0.1, 0.15) is 31.9 Å². The smallest absolute Gasteiger partial charge is 0.244 e. The first-order chi connectivity index (χ1) is 13.3. The quantitative estimate of drug-likeness (QED) is 0.669. The molecule has 1 fully saturated rings. The molecule has 6 nitrogen and oxygen atoms in total. The second kappa shape index (κ2) is 8.86. The van der Waals surface area contributed by atoms with Gasteiger partial charge in [0.05, 0.1) is 34.3 Å². The van der Waals surface area contributed by atoms with Gasteiger partial charge in [-0.25, -0.2) is 8.42 Å². The number of carbonyl (C=O) groups excluding carboxylic acids is 1. The minimum atomic E-state index is -3.98. The van der Waals surface area contributed by atoms with E-state index in [-0.39, 0.29) is 40.0 Å². The second-order valence-electron chi connectivity index (χ2n) is 6.86. The molecule has 152 valence electrons. The van der Waals surface area contributed by atoms with E-state index in [1.807, 2.05) is 6.92 Å². The average Bonchev–Trinajstić information content (AvgIpc) is 3.16. The predicted molar refractivity (Wildman–Crippen MR) is 108 cm³/mol. The zero-order valence-corrected chi connectivity index (χ0v) is 17.8. The summed E-state index contributed by atoms with van der Waals surface area (Å²) in [6, 6.07) is 7.55. The molecule has 1 aromatic carbocycles. The lowest BCUT2D eigenvalue weighted by atomic mass is 10.0. The lowest BCUT2D eigenvalue weighted by Crippen LogP contribution is -2.47. The molecule has 2 heterocycles. The largest absolute Gasteiger partial charge is 0.468 e. The summed E-state index contributed by atoms with van der Waals surface area (Å²) in [6.07, 6.45) is 4.38. The molecule has 1 aliphatic rings. The molecule has 0 spiro atoms. The van der Waals surface area contributed by atoms with Gasteiger partial charge in [-0.3, -0.25) is 4.79 Å². The number of sulfonamides is 1. The first-order valence-corrected chi connectivity index (χ1v) is 11.3. The summed E-state index contributed by atoms with van der Waals surface area (Å²) in [4.78, 5) is 14.6. The highest BCUT2D eigenvalue weighted by molar-refractivity contribution is 7.89. The molecule has 3 rings (SSSR count). The van der Waals surface area contributed by atoms with E-state index in [0.717, 1.165) is 23.6 Å². The minimum absolute atomic E-state index is 0.0204. The predicted octanol–water partition coefficient (Wildman–Crippen LogP) is 4.18. The Kier molecular flexibility index (Phi) is 6.70. The van der Waals surface area contributed by atoms with E-state index in [1.165, 1.54) is 24.5 Å². The molecule has 28 heavy (non-hydrogen) atoms. The Hall–Kier alpha value is -1.54. The van der Waals surface area contributed by atoms with Gasteiger partial charge >= 0.3 is 0 Å². The fourth-order valence-electron chi connectivity index (χ4n) is 3.30. The van der Waals surface area contributed by atoms with Crippen molar-refractivity contribution in [1.29, 1.82) is 0 Å². The molecule has 0 N–H and O–H groups in total. The van der Waals surface area contributed by atoms with Gasteiger partial charge in [-0.2, -0.15) is 4.31 Å². The third kappa shape index (κ3) is 4.71. The number of rotatable bonds is 6. The molecule has 1 amide bonds. The molecule has 0 saturated carbocycles. The molecule has 0 radical (unpaired) electrons. The van der Waals surface area contributed by atoms with Crippen LogP contribution in [-0.4, -0.2) is 42.7 Å². The number of benzene rings is 1. The zero-order chi connectivity index (χ0) is 20.3. The van der Waals surface area contributed by atoms with Gasteiger partial charge < -0.3 is 9.32 Å². The zero-order valence-electron chi connectivity index (χ0n) is 15.5. The molecule has 1 saturated heterocycles. The molecular weight excluding hydrogens is 423 g/mol. The van der Waals surface area contributed by atoms with E-state index in [9.17, 15) is 13.2 Å². The van der Waals surface area contributed by atoms with Crippen molar-refractivity contribution in [3.05, 3.63) is 52.4 Å². The number of hydrogen-bond donors (Lipinski definition) is 0. The number of hydrogen-bond acceptors (Lipinski definition) is 4. The van der Waals surface area contributed by atoms with Crippen molar-refractivity contribution < 1.29 is 17.6 Å². The molecule has 1 aromatic heterocycles. The number of amides is 1. The SMILES string of the molecule is C[C@H]1CCCCN1C(=O)CN(Cc1ccco1)S(=O)(=O)c1ccc(Cl)c(Cl)c1. The second-order valence-corrected chi connectivity index (χ2v) is 9.61. The van der Waals surface area contributed by atoms with Crippen LogP contribution in [0.5, 0.6) is 0 Å². The Morgan fingerprint density at radius 2 is 2.04 bits per heavy atom. The number of nitrogens with zero attached hydrogens (tertiary/aromatic N) is 2. The third-order valence-corrected chi connectivity index (χ3v) is 7.40. The molecule has 1 aliphatic heterocycles. The number of furan rings is 1. The summed E-state index contributed by atoms with van der Waals surface area (Å²) >= 11 is 11.9. The Bertz CT molecular complexity index is 931. The van der Waals surface area contributed by atoms with Gasteiger partial charge in [0.1, 0.15) is 5.76 Å². The lowest BCUT2D eigenvalue weighted by molar-refractivity contribution is -0.134. The maximum atomic E-state index is 13.2. The van der Waals surface area contributed by atoms with Crippen molar-refractivity contribution in [3.8, 4) is 0 Å². The van der Waals surface area contributed by atoms with Gasteiger partial charge in [0.25, 0.3) is 0 Å². The number of likely N-dealkylation sites (tertiary alicyclic amines) is 1. The van der Waals surface area contributed by atoms with Gasteiger partial charge in [0.2, 0.25) is 15.9 Å². The summed E-state index contributed by atoms with van der Waals surface area (Å²) in [5.74, 6) is 0.227. The first-order valence-electron chi connectivity index (χ1n) is 9.06. The van der Waals surface area contributed by atoms with Crippen LogP contribution in [0.25, 0.3) is 0 Å². The number of carbonyl (C=O) groups is 1. The third-order valence-electron chi connectivity index (χ3n) is 4.88. The molecule has 0 bridgehead atoms. The van der Waals surface area contributed by atoms with Gasteiger partial charge in [-0.05, 0) is 56.5 Å². The monoisotopic (exact) mass is 444 g/mol. The Morgan fingerprint density at radius 1 is 1.25 bits per heavy atom. The van der Waals surface area contributed by atoms with Crippen LogP contribution in [-0.2, 0) is 21.4 Å². The highest BCUT2D eigenvalue weighted by Crippen LogP contribution is 2.27. The Morgan fingerprint density at radius 3 is 2.68 bits per heavy atom. The molecule has 1 atom stereocenters. The molecule has 2 aromatic rings. The van der Waals surface area contributed by atoms with Gasteiger partial charge in [0, 0.05) is 12.6 Å². The van der Waals surface area contributed by atoms with Crippen LogP contribution in [0.4, 0.5) is 0 Å². The fraction of sp³-hybridized carbons (Fsp3) is 0.421. The van der Waals surface area contributed by atoms with Crippen LogP contribution in [0.15, 0.2) is 45.9 Å². The van der Waals surface area contributed by atoms with Crippen molar-refractivity contribution in [2.75, 3.05) is 13.1 Å². The van der Waals surface area contributed by atoms with E-state index >= 15 is 0 Å². The van der Waals surface area contributed by atoms with Crippen molar-refractivity contribution >= 4 is 39.1 Å². The lowest BCUT2D eigenvalue weighted by Gasteiger charge is -2.34. The number of piperidine rings is 1. The van der Waals surface area contributed by atoms with E-state index in [1.54, 1.807) is 17.0 Å². The first kappa shape index (κ1) is 21.2. The number of halogens is 2. The minimum Gasteiger partial charge on any atom is -0.468 e. The van der Waals surface area contributed by atoms with Crippen LogP contribution < -0.4 is 0 Å². The summed E-state index contributed by atoms with van der Waals surface area (Å²) in [7, 11) is -3.98. The van der Waals surface area contributed by atoms with Crippen molar-refractivity contribution in [3.63, 3.8) is 0 Å². The summed E-state index contributed by atoms with van der Waals surface area (Å²) in [5, 5.41) is 0.396. The maximum absolute atomic E-state index is 13.2. The Balaban J connectivity index is 1.89. The fourth-order valence-corrected chi connectivity index (χ4v) is 5.04. The van der Waals surface area contributed by atoms with Crippen LogP contribution >= 0.6 is 23.2 Å². The normalized spacial score (nSPS) is 17.9. The molecule has 9 heteroatoms. The Labute approximate surface area is 175 Å². The standard InChI is InChI=1S/C19H22Cl2N2O4S/c1-14-5-2-3-9-23(14)19(24)13-22(12-15-6-4-10-27-15)28(25,26)16-7-8-17(20)18(21)11-16/h4,6-8,10-11,14H,2-3,5,9,12-13H2,1H3/t14-/m0/s1. The maximum Gasteiger partial charge on any atom is 0.244 e. The van der Waals surface area contributed by atoms with Crippen LogP contribution in [0.2, 0.25) is 10.0 Å². The van der Waals surface area contributed by atoms with Gasteiger partial charge in [-0.1, -0.05) is 23.2 Å². The summed E-state index contributed by atoms with van der Waals surface area (Å²) in [6.45, 7) is 2.31. The van der Waals surface area contributed by atoms with Crippen molar-refractivity contribution in [2.24, 2.45) is 0 Å². The van der Waals surface area contributed by atoms with Crippen molar-refractivity contribution in [2.45, 2.75) is 43.7 Å². The molecule has 0 aliphatic carbocycles. The van der Waals surface area contributed by atoms with Gasteiger partial charge in [-0.15, -0.1) is 0 Å².